The van der Waals surface area contributed by atoms with E-state index in [2.05, 4.69) is 18.7 Å². The third-order valence-corrected chi connectivity index (χ3v) is 3.36. The van der Waals surface area contributed by atoms with Crippen LogP contribution in [0.2, 0.25) is 0 Å². The summed E-state index contributed by atoms with van der Waals surface area (Å²) < 4.78 is 0. The molecule has 14 heavy (non-hydrogen) atoms. The number of nitrogens with zero attached hydrogens (tertiary/aromatic N) is 1. The Balaban J connectivity index is 2.12. The highest BCUT2D eigenvalue weighted by atomic mass is 15.1. The lowest BCUT2D eigenvalue weighted by Gasteiger charge is -2.32. The Hall–Kier alpha value is -0.0400. The van der Waals surface area contributed by atoms with Gasteiger partial charge in [0.2, 0.25) is 0 Å². The van der Waals surface area contributed by atoms with E-state index in [1.807, 2.05) is 0 Å². The molecule has 1 nitrogen and oxygen atoms in total. The molecule has 1 heteroatoms. The third-order valence-electron chi connectivity index (χ3n) is 3.36. The smallest absolute Gasteiger partial charge is 0.000966 e. The van der Waals surface area contributed by atoms with Crippen molar-refractivity contribution in [3.05, 3.63) is 0 Å². The molecule has 1 saturated heterocycles. The summed E-state index contributed by atoms with van der Waals surface area (Å²) in [5, 5.41) is 0. The molecule has 0 spiro atoms. The summed E-state index contributed by atoms with van der Waals surface area (Å²) in [6, 6.07) is 0. The molecule has 1 rings (SSSR count). The summed E-state index contributed by atoms with van der Waals surface area (Å²) in [6.45, 7) is 8.66. The van der Waals surface area contributed by atoms with E-state index in [0.29, 0.717) is 0 Å². The second-order valence-corrected chi connectivity index (χ2v) is 4.80. The molecule has 1 heterocycles. The molecule has 0 amide bonds. The Bertz CT molecular complexity index is 131. The molecule has 84 valence electrons. The summed E-state index contributed by atoms with van der Waals surface area (Å²) in [6.07, 6.45) is 9.99. The van der Waals surface area contributed by atoms with Crippen molar-refractivity contribution in [2.24, 2.45) is 5.92 Å². The zero-order valence-corrected chi connectivity index (χ0v) is 10.1. The number of likely N-dealkylation sites (tertiary alicyclic amines) is 1. The van der Waals surface area contributed by atoms with Gasteiger partial charge < -0.3 is 4.90 Å². The zero-order chi connectivity index (χ0) is 10.2. The number of hydrogen-bond acceptors (Lipinski definition) is 1. The molecule has 0 aromatic carbocycles. The van der Waals surface area contributed by atoms with Crippen LogP contribution in [0.3, 0.4) is 0 Å². The van der Waals surface area contributed by atoms with Crippen molar-refractivity contribution in [3.8, 4) is 0 Å². The molecule has 0 aromatic rings. The van der Waals surface area contributed by atoms with Gasteiger partial charge in [0.25, 0.3) is 0 Å². The predicted molar refractivity (Wildman–Crippen MR) is 63.6 cm³/mol. The van der Waals surface area contributed by atoms with Crippen molar-refractivity contribution < 1.29 is 0 Å². The molecule has 0 aliphatic carbocycles. The van der Waals surface area contributed by atoms with Crippen LogP contribution in [0.15, 0.2) is 0 Å². The van der Waals surface area contributed by atoms with Gasteiger partial charge in [0.05, 0.1) is 0 Å². The first-order chi connectivity index (χ1) is 6.86. The molecule has 1 atom stereocenters. The van der Waals surface area contributed by atoms with Gasteiger partial charge in [-0.2, -0.15) is 0 Å². The fourth-order valence-electron chi connectivity index (χ4n) is 2.59. The minimum atomic E-state index is 1.02. The average Bonchev–Trinajstić information content (AvgIpc) is 2.19. The van der Waals surface area contributed by atoms with Gasteiger partial charge in [0, 0.05) is 6.54 Å². The number of rotatable bonds is 6. The quantitative estimate of drug-likeness (QED) is 0.587. The average molecular weight is 197 g/mol. The first-order valence-electron chi connectivity index (χ1n) is 6.59. The van der Waals surface area contributed by atoms with E-state index < -0.39 is 0 Å². The maximum atomic E-state index is 2.67. The molecular formula is C13H27N. The Kier molecular flexibility index (Phi) is 6.25. The maximum Gasteiger partial charge on any atom is 0.000966 e. The topological polar surface area (TPSA) is 3.24 Å². The van der Waals surface area contributed by atoms with E-state index in [4.69, 9.17) is 0 Å². The van der Waals surface area contributed by atoms with E-state index >= 15 is 0 Å². The highest BCUT2D eigenvalue weighted by molar-refractivity contribution is 4.72. The van der Waals surface area contributed by atoms with Gasteiger partial charge in [0.1, 0.15) is 0 Å². The SMILES string of the molecule is CCCCCC1CCCN(CCC)C1. The summed E-state index contributed by atoms with van der Waals surface area (Å²) in [5.74, 6) is 1.02. The summed E-state index contributed by atoms with van der Waals surface area (Å²) >= 11 is 0. The largest absolute Gasteiger partial charge is 0.303 e. The summed E-state index contributed by atoms with van der Waals surface area (Å²) in [5.41, 5.74) is 0. The first-order valence-corrected chi connectivity index (χ1v) is 6.59. The highest BCUT2D eigenvalue weighted by Crippen LogP contribution is 2.21. The number of piperidine rings is 1. The van der Waals surface area contributed by atoms with E-state index in [0.717, 1.165) is 5.92 Å². The van der Waals surface area contributed by atoms with Crippen molar-refractivity contribution in [3.63, 3.8) is 0 Å². The lowest BCUT2D eigenvalue weighted by molar-refractivity contribution is 0.167. The van der Waals surface area contributed by atoms with Gasteiger partial charge >= 0.3 is 0 Å². The highest BCUT2D eigenvalue weighted by Gasteiger charge is 2.18. The van der Waals surface area contributed by atoms with E-state index in [1.165, 1.54) is 64.6 Å². The van der Waals surface area contributed by atoms with Crippen LogP contribution in [0.4, 0.5) is 0 Å². The van der Waals surface area contributed by atoms with Crippen molar-refractivity contribution in [2.45, 2.75) is 58.8 Å². The van der Waals surface area contributed by atoms with Crippen LogP contribution in [0.5, 0.6) is 0 Å². The van der Waals surface area contributed by atoms with Crippen molar-refractivity contribution >= 4 is 0 Å². The van der Waals surface area contributed by atoms with Gasteiger partial charge in [0.15, 0.2) is 0 Å². The molecule has 1 aliphatic rings. The molecule has 0 N–H and O–H groups in total. The van der Waals surface area contributed by atoms with Gasteiger partial charge in [-0.15, -0.1) is 0 Å². The molecule has 0 bridgehead atoms. The molecule has 0 radical (unpaired) electrons. The van der Waals surface area contributed by atoms with E-state index in [9.17, 15) is 0 Å². The standard InChI is InChI=1S/C13H27N/c1-3-5-6-8-13-9-7-11-14(12-13)10-4-2/h13H,3-12H2,1-2H3. The monoisotopic (exact) mass is 197 g/mol. The number of hydrogen-bond donors (Lipinski definition) is 0. The van der Waals surface area contributed by atoms with Crippen LogP contribution in [0.25, 0.3) is 0 Å². The molecule has 0 saturated carbocycles. The predicted octanol–water partition coefficient (Wildman–Crippen LogP) is 3.69. The first kappa shape index (κ1) is 12.0. The second kappa shape index (κ2) is 7.28. The van der Waals surface area contributed by atoms with Crippen LogP contribution in [-0.2, 0) is 0 Å². The maximum absolute atomic E-state index is 2.67. The van der Waals surface area contributed by atoms with Gasteiger partial charge in [-0.1, -0.05) is 33.1 Å². The second-order valence-electron chi connectivity index (χ2n) is 4.80. The fraction of sp³-hybridized carbons (Fsp3) is 1.00. The van der Waals surface area contributed by atoms with Crippen LogP contribution < -0.4 is 0 Å². The minimum Gasteiger partial charge on any atom is -0.303 e. The van der Waals surface area contributed by atoms with Crippen LogP contribution in [-0.4, -0.2) is 24.5 Å². The molecule has 1 aliphatic heterocycles. The third kappa shape index (κ3) is 4.45. The van der Waals surface area contributed by atoms with Crippen LogP contribution >= 0.6 is 0 Å². The van der Waals surface area contributed by atoms with Crippen molar-refractivity contribution in [1.29, 1.82) is 0 Å². The Labute approximate surface area is 89.9 Å². The van der Waals surface area contributed by atoms with Gasteiger partial charge in [-0.25, -0.2) is 0 Å². The molecule has 0 aromatic heterocycles. The summed E-state index contributed by atoms with van der Waals surface area (Å²) in [7, 11) is 0. The van der Waals surface area contributed by atoms with Gasteiger partial charge in [-0.3, -0.25) is 0 Å². The summed E-state index contributed by atoms with van der Waals surface area (Å²) in [4.78, 5) is 2.67. The van der Waals surface area contributed by atoms with Crippen molar-refractivity contribution in [1.82, 2.24) is 4.90 Å². The van der Waals surface area contributed by atoms with E-state index in [1.54, 1.807) is 0 Å². The van der Waals surface area contributed by atoms with Gasteiger partial charge in [-0.05, 0) is 44.7 Å². The minimum absolute atomic E-state index is 1.02. The van der Waals surface area contributed by atoms with E-state index in [-0.39, 0.29) is 0 Å². The zero-order valence-electron chi connectivity index (χ0n) is 10.1. The fourth-order valence-corrected chi connectivity index (χ4v) is 2.59. The normalized spacial score (nSPS) is 24.0. The Morgan fingerprint density at radius 1 is 1.14 bits per heavy atom. The molecular weight excluding hydrogens is 170 g/mol. The van der Waals surface area contributed by atoms with Crippen LogP contribution in [0.1, 0.15) is 58.8 Å². The molecule has 1 fully saturated rings. The Morgan fingerprint density at radius 3 is 2.71 bits per heavy atom. The Morgan fingerprint density at radius 2 is 2.00 bits per heavy atom. The van der Waals surface area contributed by atoms with Crippen LogP contribution in [0, 0.1) is 5.92 Å². The van der Waals surface area contributed by atoms with Crippen molar-refractivity contribution in [2.75, 3.05) is 19.6 Å². The lowest BCUT2D eigenvalue weighted by Crippen LogP contribution is -2.35. The number of unbranched alkanes of at least 4 members (excludes halogenated alkanes) is 2. The lowest BCUT2D eigenvalue weighted by atomic mass is 9.92. The molecule has 1 unspecified atom stereocenters.